The first kappa shape index (κ1) is 49.6. The first-order chi connectivity index (χ1) is 30.0. The van der Waals surface area contributed by atoms with Crippen LogP contribution in [0.15, 0.2) is 54.6 Å². The van der Waals surface area contributed by atoms with Crippen molar-refractivity contribution in [1.82, 2.24) is 31.1 Å². The van der Waals surface area contributed by atoms with E-state index in [0.717, 1.165) is 0 Å². The Hall–Kier alpha value is -6.08. The highest BCUT2D eigenvalue weighted by molar-refractivity contribution is 5.97. The Labute approximate surface area is 366 Å². The summed E-state index contributed by atoms with van der Waals surface area (Å²) >= 11 is 0. The third-order valence-electron chi connectivity index (χ3n) is 11.4. The van der Waals surface area contributed by atoms with Crippen LogP contribution in [-0.2, 0) is 51.2 Å². The minimum absolute atomic E-state index is 0.00339. The van der Waals surface area contributed by atoms with Crippen LogP contribution >= 0.6 is 0 Å². The summed E-state index contributed by atoms with van der Waals surface area (Å²) in [4.78, 5) is 109. The lowest BCUT2D eigenvalue weighted by Gasteiger charge is -2.32. The zero-order valence-electron chi connectivity index (χ0n) is 35.9. The van der Waals surface area contributed by atoms with E-state index in [2.05, 4.69) is 21.3 Å². The molecule has 344 valence electrons. The lowest BCUT2D eigenvalue weighted by molar-refractivity contribution is -0.145. The maximum absolute atomic E-state index is 14.2. The van der Waals surface area contributed by atoms with Crippen molar-refractivity contribution >= 4 is 47.4 Å². The number of carbonyl (C=O) groups is 8. The van der Waals surface area contributed by atoms with E-state index >= 15 is 0 Å². The van der Waals surface area contributed by atoms with Gasteiger partial charge in [0.1, 0.15) is 42.0 Å². The SMILES string of the molecule is CC(C)[C@H](NC(=O)[C@@H]1CCCN1C(=O)[C@H](Cc1ccc(O)cc1)NC(=O)[C@@H](N)CCCCN)C(=O)N[C@@H](CCC(=O)O)C(=O)N1CCC[C@H]1C(=O)N[C@@H](Cc1ccccc1)C(=O)O. The number of unbranched alkanes of at least 4 members (excludes halogenated alkanes) is 1. The van der Waals surface area contributed by atoms with Gasteiger partial charge in [0.05, 0.1) is 6.04 Å². The highest BCUT2D eigenvalue weighted by atomic mass is 16.4. The molecule has 19 nitrogen and oxygen atoms in total. The van der Waals surface area contributed by atoms with Gasteiger partial charge in [-0.1, -0.05) is 62.7 Å². The Morgan fingerprint density at radius 3 is 1.78 bits per heavy atom. The Bertz CT molecular complexity index is 1910. The molecule has 0 spiro atoms. The number of phenols is 1. The van der Waals surface area contributed by atoms with Crippen LogP contribution in [0.4, 0.5) is 0 Å². The molecular weight excluding hydrogens is 817 g/mol. The number of rotatable bonds is 23. The van der Waals surface area contributed by atoms with Crippen molar-refractivity contribution in [2.45, 2.75) is 127 Å². The summed E-state index contributed by atoms with van der Waals surface area (Å²) in [5.74, 6) is -7.05. The van der Waals surface area contributed by atoms with E-state index in [4.69, 9.17) is 11.5 Å². The maximum Gasteiger partial charge on any atom is 0.326 e. The Morgan fingerprint density at radius 1 is 0.683 bits per heavy atom. The first-order valence-corrected chi connectivity index (χ1v) is 21.5. The van der Waals surface area contributed by atoms with Crippen molar-refractivity contribution in [3.63, 3.8) is 0 Å². The summed E-state index contributed by atoms with van der Waals surface area (Å²) in [6, 6.07) is 6.70. The molecular formula is C44H62N8O11. The molecule has 2 saturated heterocycles. The van der Waals surface area contributed by atoms with Crippen molar-refractivity contribution in [3.05, 3.63) is 65.7 Å². The van der Waals surface area contributed by atoms with Crippen LogP contribution in [0.2, 0.25) is 0 Å². The molecule has 6 amide bonds. The highest BCUT2D eigenvalue weighted by Gasteiger charge is 2.42. The van der Waals surface area contributed by atoms with Crippen molar-refractivity contribution < 1.29 is 53.7 Å². The molecule has 0 bridgehead atoms. The number of benzene rings is 2. The predicted octanol–water partition coefficient (Wildman–Crippen LogP) is 0.160. The second kappa shape index (κ2) is 23.9. The van der Waals surface area contributed by atoms with Gasteiger partial charge in [0, 0.05) is 32.4 Å². The van der Waals surface area contributed by atoms with Crippen molar-refractivity contribution in [3.8, 4) is 5.75 Å². The van der Waals surface area contributed by atoms with Crippen LogP contribution < -0.4 is 32.7 Å². The Morgan fingerprint density at radius 2 is 1.22 bits per heavy atom. The number of hydrogen-bond donors (Lipinski definition) is 9. The number of aliphatic carboxylic acids is 2. The second-order valence-electron chi connectivity index (χ2n) is 16.5. The van der Waals surface area contributed by atoms with Gasteiger partial charge in [-0.15, -0.1) is 0 Å². The molecule has 0 saturated carbocycles. The highest BCUT2D eigenvalue weighted by Crippen LogP contribution is 2.23. The molecule has 0 aromatic heterocycles. The molecule has 2 heterocycles. The molecule has 2 aliphatic rings. The van der Waals surface area contributed by atoms with Crippen LogP contribution in [0.25, 0.3) is 0 Å². The molecule has 0 aliphatic carbocycles. The van der Waals surface area contributed by atoms with Crippen molar-refractivity contribution in [1.29, 1.82) is 0 Å². The maximum atomic E-state index is 14.2. The van der Waals surface area contributed by atoms with Gasteiger partial charge in [-0.05, 0) is 80.7 Å². The van der Waals surface area contributed by atoms with Gasteiger partial charge in [0.15, 0.2) is 0 Å². The molecule has 2 aromatic carbocycles. The molecule has 0 unspecified atom stereocenters. The summed E-state index contributed by atoms with van der Waals surface area (Å²) in [6.07, 6.45) is 2.07. The van der Waals surface area contributed by atoms with Crippen LogP contribution in [0.5, 0.6) is 5.75 Å². The minimum Gasteiger partial charge on any atom is -0.508 e. The van der Waals surface area contributed by atoms with Gasteiger partial charge in [0.2, 0.25) is 35.4 Å². The smallest absolute Gasteiger partial charge is 0.326 e. The number of carboxylic acids is 2. The number of likely N-dealkylation sites (tertiary alicyclic amines) is 2. The van der Waals surface area contributed by atoms with Gasteiger partial charge < -0.3 is 57.9 Å². The number of aromatic hydroxyl groups is 1. The topological polar surface area (TPSA) is 304 Å². The first-order valence-electron chi connectivity index (χ1n) is 21.5. The van der Waals surface area contributed by atoms with E-state index in [0.29, 0.717) is 49.8 Å². The predicted molar refractivity (Wildman–Crippen MR) is 229 cm³/mol. The zero-order chi connectivity index (χ0) is 46.2. The molecule has 7 atom stereocenters. The standard InChI is InChI=1S/C44H62N8O11/c1-26(2)37(50-40(58)35-14-9-23-52(35)43(61)32(24-28-15-17-29(53)18-16-28)48-38(56)30(46)12-6-7-21-45)41(59)47-31(19-20-36(54)55)42(60)51-22-8-13-34(51)39(57)49-33(44(62)63)25-27-10-4-3-5-11-27/h3-5,10-11,15-18,26,30-35,37,53H,6-9,12-14,19-25,45-46H2,1-2H3,(H,47,59)(H,48,56)(H,49,57)(H,50,58)(H,54,55)(H,62,63)/t30-,31-,32-,33-,34-,35-,37-/m0/s1. The van der Waals surface area contributed by atoms with Crippen LogP contribution in [0, 0.1) is 5.92 Å². The third kappa shape index (κ3) is 14.5. The molecule has 0 radical (unpaired) electrons. The van der Waals surface area contributed by atoms with E-state index in [1.54, 1.807) is 56.3 Å². The summed E-state index contributed by atoms with van der Waals surface area (Å²) in [6.45, 7) is 4.02. The summed E-state index contributed by atoms with van der Waals surface area (Å²) in [5.41, 5.74) is 13.0. The van der Waals surface area contributed by atoms with Crippen molar-refractivity contribution in [2.75, 3.05) is 19.6 Å². The van der Waals surface area contributed by atoms with E-state index in [1.807, 2.05) is 0 Å². The number of nitrogens with one attached hydrogen (secondary N) is 4. The number of nitrogens with two attached hydrogens (primary N) is 2. The van der Waals surface area contributed by atoms with Crippen LogP contribution in [0.3, 0.4) is 0 Å². The number of carbonyl (C=O) groups excluding carboxylic acids is 6. The van der Waals surface area contributed by atoms with Crippen molar-refractivity contribution in [2.24, 2.45) is 17.4 Å². The second-order valence-corrected chi connectivity index (χ2v) is 16.5. The summed E-state index contributed by atoms with van der Waals surface area (Å²) in [7, 11) is 0. The lowest BCUT2D eigenvalue weighted by atomic mass is 10.0. The quantitative estimate of drug-likeness (QED) is 0.0674. The van der Waals surface area contributed by atoms with Gasteiger partial charge in [-0.25, -0.2) is 4.79 Å². The fourth-order valence-electron chi connectivity index (χ4n) is 7.88. The number of phenolic OH excluding ortho intramolecular Hbond substituents is 1. The van der Waals surface area contributed by atoms with E-state index in [9.17, 15) is 53.7 Å². The normalized spacial score (nSPS) is 18.4. The average Bonchev–Trinajstić information content (AvgIpc) is 3.95. The molecule has 4 rings (SSSR count). The molecule has 19 heteroatoms. The molecule has 2 aromatic rings. The third-order valence-corrected chi connectivity index (χ3v) is 11.4. The van der Waals surface area contributed by atoms with E-state index in [1.165, 1.54) is 21.9 Å². The number of nitrogens with zero attached hydrogens (tertiary/aromatic N) is 2. The zero-order valence-corrected chi connectivity index (χ0v) is 35.9. The van der Waals surface area contributed by atoms with Gasteiger partial charge >= 0.3 is 11.9 Å². The van der Waals surface area contributed by atoms with Gasteiger partial charge in [-0.3, -0.25) is 33.6 Å². The molecule has 2 fully saturated rings. The molecule has 11 N–H and O–H groups in total. The molecule has 63 heavy (non-hydrogen) atoms. The number of carboxylic acid groups (broad SMARTS) is 2. The monoisotopic (exact) mass is 878 g/mol. The summed E-state index contributed by atoms with van der Waals surface area (Å²) < 4.78 is 0. The fourth-order valence-corrected chi connectivity index (χ4v) is 7.88. The number of amides is 6. The Balaban J connectivity index is 1.48. The minimum atomic E-state index is -1.42. The van der Waals surface area contributed by atoms with Gasteiger partial charge in [-0.2, -0.15) is 0 Å². The number of hydrogen-bond acceptors (Lipinski definition) is 11. The molecule has 2 aliphatic heterocycles. The Kier molecular flexibility index (Phi) is 18.8. The largest absolute Gasteiger partial charge is 0.508 e. The fraction of sp³-hybridized carbons (Fsp3) is 0.545. The van der Waals surface area contributed by atoms with Crippen LogP contribution in [-0.4, -0.2) is 134 Å². The lowest BCUT2D eigenvalue weighted by Crippen LogP contribution is -2.60. The summed E-state index contributed by atoms with van der Waals surface area (Å²) in [5, 5.41) is 39.8. The van der Waals surface area contributed by atoms with E-state index < -0.39 is 102 Å². The average molecular weight is 879 g/mol. The van der Waals surface area contributed by atoms with Crippen LogP contribution in [0.1, 0.15) is 82.8 Å². The van der Waals surface area contributed by atoms with Gasteiger partial charge in [0.25, 0.3) is 0 Å². The van der Waals surface area contributed by atoms with E-state index in [-0.39, 0.29) is 50.9 Å².